The lowest BCUT2D eigenvalue weighted by atomic mass is 9.99. The summed E-state index contributed by atoms with van der Waals surface area (Å²) in [5.74, 6) is 6.12. The number of fused-ring (bicyclic) bond motifs is 1. The van der Waals surface area contributed by atoms with Crippen LogP contribution >= 0.6 is 0 Å². The molecular weight excluding hydrogens is 454 g/mol. The molecule has 186 valence electrons. The molecule has 3 aromatic heterocycles. The number of ether oxygens (including phenoxy) is 1. The van der Waals surface area contributed by atoms with Crippen LogP contribution in [0.5, 0.6) is 5.88 Å². The smallest absolute Gasteiger partial charge is 0.259 e. The van der Waals surface area contributed by atoms with E-state index in [1.54, 1.807) is 35.8 Å². The van der Waals surface area contributed by atoms with Crippen LogP contribution in [0.2, 0.25) is 0 Å². The summed E-state index contributed by atoms with van der Waals surface area (Å²) in [5.41, 5.74) is 2.73. The van der Waals surface area contributed by atoms with E-state index in [1.807, 2.05) is 44.3 Å². The van der Waals surface area contributed by atoms with Gasteiger partial charge in [-0.15, -0.1) is 0 Å². The van der Waals surface area contributed by atoms with E-state index in [0.29, 0.717) is 29.9 Å². The molecule has 3 aromatic rings. The maximum Gasteiger partial charge on any atom is 0.259 e. The van der Waals surface area contributed by atoms with Crippen LogP contribution in [-0.4, -0.2) is 74.7 Å². The molecule has 1 amide bonds. The van der Waals surface area contributed by atoms with Crippen LogP contribution < -0.4 is 4.74 Å². The number of nitrogens with zero attached hydrogens (tertiary/aromatic N) is 5. The molecule has 4 rings (SSSR count). The molecule has 0 spiro atoms. The van der Waals surface area contributed by atoms with E-state index >= 15 is 0 Å². The quantitative estimate of drug-likeness (QED) is 0.537. The van der Waals surface area contributed by atoms with E-state index in [9.17, 15) is 9.90 Å². The summed E-state index contributed by atoms with van der Waals surface area (Å²) in [4.78, 5) is 30.2. The summed E-state index contributed by atoms with van der Waals surface area (Å²) in [5, 5.41) is 9.86. The molecule has 0 bridgehead atoms. The number of pyridine rings is 3. The van der Waals surface area contributed by atoms with Gasteiger partial charge in [0.2, 0.25) is 5.88 Å². The molecule has 0 unspecified atom stereocenters. The number of amides is 1. The van der Waals surface area contributed by atoms with Crippen molar-refractivity contribution in [2.75, 3.05) is 26.7 Å². The molecule has 0 saturated heterocycles. The lowest BCUT2D eigenvalue weighted by molar-refractivity contribution is 0.0325. The van der Waals surface area contributed by atoms with Gasteiger partial charge >= 0.3 is 0 Å². The Kier molecular flexibility index (Phi) is 8.26. The van der Waals surface area contributed by atoms with Crippen molar-refractivity contribution in [3.05, 3.63) is 83.6 Å². The minimum absolute atomic E-state index is 0.0152. The molecule has 0 radical (unpaired) electrons. The number of aliphatic hydroxyl groups is 1. The minimum Gasteiger partial charge on any atom is -0.472 e. The Balaban J connectivity index is 1.63. The molecule has 1 aliphatic rings. The first-order chi connectivity index (χ1) is 17.4. The Morgan fingerprint density at radius 2 is 2.00 bits per heavy atom. The third-order valence-corrected chi connectivity index (χ3v) is 6.21. The van der Waals surface area contributed by atoms with Crippen molar-refractivity contribution in [1.82, 2.24) is 24.8 Å². The topological polar surface area (TPSA) is 91.7 Å². The van der Waals surface area contributed by atoms with Crippen LogP contribution in [0.1, 0.15) is 41.0 Å². The summed E-state index contributed by atoms with van der Waals surface area (Å²) >= 11 is 0. The van der Waals surface area contributed by atoms with Crippen LogP contribution in [0.15, 0.2) is 61.2 Å². The van der Waals surface area contributed by atoms with Crippen LogP contribution in [0.3, 0.4) is 0 Å². The summed E-state index contributed by atoms with van der Waals surface area (Å²) in [6, 6.07) is 10.9. The Labute approximate surface area is 212 Å². The number of aliphatic hydroxyl groups excluding tert-OH is 1. The van der Waals surface area contributed by atoms with Crippen LogP contribution in [0.4, 0.5) is 0 Å². The predicted octanol–water partition coefficient (Wildman–Crippen LogP) is 2.62. The van der Waals surface area contributed by atoms with E-state index < -0.39 is 0 Å². The second kappa shape index (κ2) is 11.8. The number of aromatic nitrogens is 3. The monoisotopic (exact) mass is 485 g/mol. The van der Waals surface area contributed by atoms with Gasteiger partial charge in [-0.25, -0.2) is 9.97 Å². The number of hydrogen-bond acceptors (Lipinski definition) is 7. The lowest BCUT2D eigenvalue weighted by Gasteiger charge is -2.37. The van der Waals surface area contributed by atoms with Crippen molar-refractivity contribution in [3.8, 4) is 17.7 Å². The van der Waals surface area contributed by atoms with Crippen molar-refractivity contribution < 1.29 is 14.6 Å². The van der Waals surface area contributed by atoms with Gasteiger partial charge in [-0.3, -0.25) is 14.7 Å². The Hall–Kier alpha value is -3.80. The highest BCUT2D eigenvalue weighted by Gasteiger charge is 2.34. The Morgan fingerprint density at radius 3 is 2.72 bits per heavy atom. The van der Waals surface area contributed by atoms with Crippen molar-refractivity contribution in [3.63, 3.8) is 0 Å². The van der Waals surface area contributed by atoms with Gasteiger partial charge in [0.05, 0.1) is 12.6 Å². The average molecular weight is 486 g/mol. The Morgan fingerprint density at radius 1 is 1.19 bits per heavy atom. The van der Waals surface area contributed by atoms with Crippen molar-refractivity contribution in [1.29, 1.82) is 0 Å². The van der Waals surface area contributed by atoms with Crippen molar-refractivity contribution in [2.45, 2.75) is 32.5 Å². The number of hydrogen-bond donors (Lipinski definition) is 1. The summed E-state index contributed by atoms with van der Waals surface area (Å²) in [6.07, 6.45) is 6.65. The van der Waals surface area contributed by atoms with Crippen LogP contribution in [0.25, 0.3) is 0 Å². The molecule has 0 fully saturated rings. The fourth-order valence-electron chi connectivity index (χ4n) is 4.13. The van der Waals surface area contributed by atoms with Gasteiger partial charge < -0.3 is 14.7 Å². The van der Waals surface area contributed by atoms with E-state index in [-0.39, 0.29) is 36.5 Å². The average Bonchev–Trinajstić information content (AvgIpc) is 2.90. The van der Waals surface area contributed by atoms with E-state index in [0.717, 1.165) is 12.1 Å². The van der Waals surface area contributed by atoms with E-state index in [4.69, 9.17) is 4.74 Å². The van der Waals surface area contributed by atoms with E-state index in [1.165, 1.54) is 0 Å². The van der Waals surface area contributed by atoms with Crippen molar-refractivity contribution in [2.24, 2.45) is 5.92 Å². The largest absolute Gasteiger partial charge is 0.472 e. The van der Waals surface area contributed by atoms with E-state index in [2.05, 4.69) is 38.6 Å². The summed E-state index contributed by atoms with van der Waals surface area (Å²) in [6.45, 7) is 5.61. The highest BCUT2D eigenvalue weighted by molar-refractivity contribution is 5.97. The molecule has 0 aliphatic carbocycles. The van der Waals surface area contributed by atoms with Crippen molar-refractivity contribution >= 4 is 5.91 Å². The van der Waals surface area contributed by atoms with Crippen LogP contribution in [0, 0.1) is 17.8 Å². The third-order valence-electron chi connectivity index (χ3n) is 6.21. The van der Waals surface area contributed by atoms with Gasteiger partial charge in [-0.05, 0) is 55.8 Å². The van der Waals surface area contributed by atoms with Crippen LogP contribution in [-0.2, 0) is 6.54 Å². The standard InChI is InChI=1S/C28H31N5O3/c1-20-16-33(21(2)19-34)28(35)25-14-23(7-8-24-6-4-5-11-30-24)15-31-27(25)36-26(20)18-32(3)17-22-9-12-29-13-10-22/h4-6,9-15,20-21,26,34H,16-19H2,1-3H3/t20-,21+,26+/m0/s1. The fraction of sp³-hybridized carbons (Fsp3) is 0.357. The van der Waals surface area contributed by atoms with Gasteiger partial charge in [0, 0.05) is 55.9 Å². The minimum atomic E-state index is -0.343. The number of carbonyl (C=O) groups is 1. The summed E-state index contributed by atoms with van der Waals surface area (Å²) < 4.78 is 6.37. The summed E-state index contributed by atoms with van der Waals surface area (Å²) in [7, 11) is 2.04. The zero-order valence-electron chi connectivity index (χ0n) is 20.8. The molecule has 1 N–H and O–H groups in total. The number of carbonyl (C=O) groups excluding carboxylic acids is 1. The molecule has 4 heterocycles. The molecule has 0 saturated carbocycles. The molecular formula is C28H31N5O3. The highest BCUT2D eigenvalue weighted by Crippen LogP contribution is 2.27. The van der Waals surface area contributed by atoms with Gasteiger partial charge in [-0.1, -0.05) is 18.9 Å². The molecule has 3 atom stereocenters. The normalized spacial score (nSPS) is 18.4. The molecule has 8 nitrogen and oxygen atoms in total. The highest BCUT2D eigenvalue weighted by atomic mass is 16.5. The first-order valence-electron chi connectivity index (χ1n) is 12.0. The van der Waals surface area contributed by atoms with Gasteiger partial charge in [0.25, 0.3) is 5.91 Å². The molecule has 8 heteroatoms. The first kappa shape index (κ1) is 25.3. The maximum absolute atomic E-state index is 13.5. The Bertz CT molecular complexity index is 1230. The second-order valence-corrected chi connectivity index (χ2v) is 9.22. The first-order valence-corrected chi connectivity index (χ1v) is 12.0. The number of likely N-dealkylation sites (N-methyl/N-ethyl adjacent to an activating group) is 1. The van der Waals surface area contributed by atoms with Gasteiger partial charge in [-0.2, -0.15) is 0 Å². The zero-order chi connectivity index (χ0) is 25.5. The predicted molar refractivity (Wildman–Crippen MR) is 136 cm³/mol. The maximum atomic E-state index is 13.5. The second-order valence-electron chi connectivity index (χ2n) is 9.22. The zero-order valence-corrected chi connectivity index (χ0v) is 20.8. The third kappa shape index (κ3) is 6.25. The SMILES string of the molecule is C[C@H](CO)N1C[C@H](C)[C@@H](CN(C)Cc2ccncc2)Oc2ncc(C#Cc3ccccn3)cc2C1=O. The lowest BCUT2D eigenvalue weighted by Crippen LogP contribution is -2.49. The molecule has 0 aromatic carbocycles. The fourth-order valence-corrected chi connectivity index (χ4v) is 4.13. The molecule has 1 aliphatic heterocycles. The van der Waals surface area contributed by atoms with Gasteiger partial charge in [0.1, 0.15) is 17.4 Å². The van der Waals surface area contributed by atoms with Gasteiger partial charge in [0.15, 0.2) is 0 Å². The molecule has 36 heavy (non-hydrogen) atoms. The number of rotatable bonds is 6.